The number of hydrogen-bond acceptors (Lipinski definition) is 1. The molecule has 0 aliphatic heterocycles. The van der Waals surface area contributed by atoms with Crippen molar-refractivity contribution in [3.05, 3.63) is 144 Å². The summed E-state index contributed by atoms with van der Waals surface area (Å²) in [6, 6.07) is 36.1. The number of rotatable bonds is 0. The van der Waals surface area contributed by atoms with E-state index in [1.807, 2.05) is 186 Å². The molecule has 0 fully saturated rings. The normalized spacial score (nSPS) is 6.86. The molecule has 4 rings (SSSR count). The van der Waals surface area contributed by atoms with Gasteiger partial charge in [0.05, 0.1) is 1.93 Å². The van der Waals surface area contributed by atoms with Crippen LogP contribution in [0.3, 0.4) is 0 Å². The van der Waals surface area contributed by atoms with Crippen LogP contribution in [-0.2, 0) is 4.92 Å². The Morgan fingerprint density at radius 1 is 0.424 bits per heavy atom. The number of alkyl halides is 4. The molecule has 0 aromatic heterocycles. The van der Waals surface area contributed by atoms with Crippen molar-refractivity contribution in [2.75, 3.05) is 8.86 Å². The molecule has 404 valence electrons. The molecule has 0 saturated heterocycles. The van der Waals surface area contributed by atoms with Crippen molar-refractivity contribution in [3.8, 4) is 5.75 Å². The van der Waals surface area contributed by atoms with Crippen LogP contribution in [0.1, 0.15) is 173 Å². The first-order valence-electron chi connectivity index (χ1n) is 23.0. The molecule has 0 heterocycles. The zero-order chi connectivity index (χ0) is 55.5. The quantitative estimate of drug-likeness (QED) is 0.106. The van der Waals surface area contributed by atoms with Crippen molar-refractivity contribution in [2.24, 2.45) is 0 Å². The van der Waals surface area contributed by atoms with Crippen molar-refractivity contribution < 1.29 is 23.3 Å². The van der Waals surface area contributed by atoms with E-state index in [-0.39, 0.29) is 12.3 Å². The average molecular weight is 2090 g/mol. The van der Waals surface area contributed by atoms with Crippen LogP contribution < -0.4 is 13.3 Å². The zero-order valence-corrected chi connectivity index (χ0v) is 70.0. The van der Waals surface area contributed by atoms with Crippen molar-refractivity contribution in [1.29, 1.82) is 0 Å². The Bertz CT molecular complexity index is 991. The standard InChI is InChI=1S/C8H10.C7H8O.2C7H8.C2H4I2.2C2H5I.9C2H6.CH3.I3.3HI.V/c1-7-5-3-4-6-8(7)2;1-6-4-2-3-5-7(6)8;2*1-7-5-3-2-4-6-7;1-2(3)4;2*1-2-3;9*1-2;;1-3-2;;;;/h3-6H,1-2H3;2-5,8H,1H3;2*2-6H,1H3;2H,1H3;2*2H2,1H3;9*1-2H3;1H3;;3*1H;/q;;;;;;;;;;;;;;;;2*-1;;;;+3/p-3. The maximum absolute atomic E-state index is 8.92. The maximum atomic E-state index is 8.92. The molecule has 0 aliphatic carbocycles. The van der Waals surface area contributed by atoms with E-state index in [0.29, 0.717) is 19.0 Å². The average Bonchev–Trinajstić information content (AvgIpc) is 3.33. The van der Waals surface area contributed by atoms with Crippen LogP contribution in [0.15, 0.2) is 109 Å². The molecule has 4 aromatic rings. The second-order valence-corrected chi connectivity index (χ2v) is 69.3. The van der Waals surface area contributed by atoms with Gasteiger partial charge in [-0.2, -0.15) is 0 Å². The Morgan fingerprint density at radius 2 is 0.561 bits per heavy atom. The summed E-state index contributed by atoms with van der Waals surface area (Å²) in [5, 5.41) is 8.92. The zero-order valence-electron chi connectivity index (χ0n) is 47.1. The summed E-state index contributed by atoms with van der Waals surface area (Å²) in [7, 11) is 0. The fourth-order valence-corrected chi connectivity index (χ4v) is 2.29. The first-order chi connectivity index (χ1) is 31.1. The van der Waals surface area contributed by atoms with Gasteiger partial charge < -0.3 is 12.5 Å². The molecule has 0 bridgehead atoms. The first-order valence-corrected chi connectivity index (χ1v) is 54.6. The van der Waals surface area contributed by atoms with E-state index in [4.69, 9.17) is 5.11 Å². The topological polar surface area (TPSA) is 20.2 Å². The molecule has 0 unspecified atom stereocenters. The van der Waals surface area contributed by atoms with E-state index >= 15 is 0 Å². The molecule has 0 aliphatic rings. The van der Waals surface area contributed by atoms with Gasteiger partial charge in [-0.25, -0.2) is 0 Å². The van der Waals surface area contributed by atoms with E-state index in [9.17, 15) is 0 Å². The number of aromatic hydroxyl groups is 1. The van der Waals surface area contributed by atoms with Crippen LogP contribution in [0.25, 0.3) is 0 Å². The third kappa shape index (κ3) is 173. The van der Waals surface area contributed by atoms with Crippen molar-refractivity contribution >= 4 is 188 Å². The molecule has 12 heteroatoms. The molecule has 0 amide bonds. The Balaban J connectivity index is -0.0000000332. The van der Waals surface area contributed by atoms with E-state index < -0.39 is 0 Å². The Morgan fingerprint density at radius 3 is 0.652 bits per heavy atom. The number of phenols is 1. The fourth-order valence-electron chi connectivity index (χ4n) is 2.29. The van der Waals surface area contributed by atoms with Crippen molar-refractivity contribution in [1.82, 2.24) is 0 Å². The van der Waals surface area contributed by atoms with Gasteiger partial charge in [-0.3, -0.25) is 0 Å². The Kier molecular flexibility index (Phi) is 223. The molecule has 1 nitrogen and oxygen atoms in total. The monoisotopic (exact) mass is 2090 g/mol. The molecule has 0 saturated carbocycles. The van der Waals surface area contributed by atoms with Crippen LogP contribution in [0.2, 0.25) is 0 Å². The van der Waals surface area contributed by atoms with Crippen molar-refractivity contribution in [2.45, 2.75) is 182 Å². The van der Waals surface area contributed by atoms with Gasteiger partial charge >= 0.3 is 115 Å². The number of halogens is 10. The molecule has 1 N–H and O–H groups in total. The summed E-state index contributed by atoms with van der Waals surface area (Å²) in [4.78, 5) is -0.278. The van der Waals surface area contributed by atoms with E-state index in [0.717, 1.165) is 7.49 Å². The molecule has 0 radical (unpaired) electrons. The molecule has 0 spiro atoms. The minimum absolute atomic E-state index is 0. The number of hydrogen-bond donors (Lipinski definition) is 1. The molecule has 4 aromatic carbocycles. The Hall–Kier alpha value is 4.56. The summed E-state index contributed by atoms with van der Waals surface area (Å²) >= 11 is 21.9. The van der Waals surface area contributed by atoms with Gasteiger partial charge in [0.2, 0.25) is 0 Å². The summed E-state index contributed by atoms with van der Waals surface area (Å²) in [5.41, 5.74) is 6.30. The molecule has 0 atom stereocenters. The SMILES string of the molecule is CC.CC.CC.CC.CC.CC.CC.CC.CC.CC(I)I.CCI.CCI.Cc1ccccc1.Cc1ccccc1.Cc1ccccc1C.Cc1ccccc1O.I[I-]I.[CH3-].[I][V]([I])[I]. The fraction of sp³-hybridized carbons (Fsp3) is 0.537. The van der Waals surface area contributed by atoms with Crippen LogP contribution in [0.4, 0.5) is 0 Å². The second-order valence-electron chi connectivity index (χ2n) is 8.48. The Labute approximate surface area is 541 Å². The number of benzene rings is 4. The summed E-state index contributed by atoms with van der Waals surface area (Å²) in [6.45, 7) is 52.6. The van der Waals surface area contributed by atoms with Crippen LogP contribution in [0.5, 0.6) is 5.75 Å². The van der Waals surface area contributed by atoms with Gasteiger partial charge in [-0.15, -0.1) is 0 Å². The number of para-hydroxylation sites is 1. The van der Waals surface area contributed by atoms with Gasteiger partial charge in [-0.1, -0.05) is 343 Å². The van der Waals surface area contributed by atoms with Crippen LogP contribution >= 0.6 is 188 Å². The summed E-state index contributed by atoms with van der Waals surface area (Å²) in [6.07, 6.45) is 0. The van der Waals surface area contributed by atoms with Gasteiger partial charge in [0, 0.05) is 0 Å². The summed E-state index contributed by atoms with van der Waals surface area (Å²) in [5.74, 6) is 0.368. The van der Waals surface area contributed by atoms with Gasteiger partial charge in [0.25, 0.3) is 0 Å². The van der Waals surface area contributed by atoms with Crippen LogP contribution in [-0.4, -0.2) is 15.9 Å². The third-order valence-electron chi connectivity index (χ3n) is 4.42. The predicted molar refractivity (Wildman–Crippen MR) is 396 cm³/mol. The van der Waals surface area contributed by atoms with Gasteiger partial charge in [0.1, 0.15) is 5.75 Å². The second kappa shape index (κ2) is 133. The number of phenolic OH excluding ortho intramolecular Hbond substituents is 1. The first kappa shape index (κ1) is 111. The minimum atomic E-state index is -0.278. The molecular formula is C54H105I10OV-2. The van der Waals surface area contributed by atoms with E-state index in [1.165, 1.54) is 31.1 Å². The predicted octanol–water partition coefficient (Wildman–Crippen LogP) is 24.2. The van der Waals surface area contributed by atoms with Crippen molar-refractivity contribution in [3.63, 3.8) is 0 Å². The molecule has 66 heavy (non-hydrogen) atoms. The van der Waals surface area contributed by atoms with E-state index in [2.05, 4.69) is 285 Å². The van der Waals surface area contributed by atoms with Crippen LogP contribution in [0, 0.1) is 42.0 Å². The van der Waals surface area contributed by atoms with Gasteiger partial charge in [-0.05, 0) is 73.2 Å². The third-order valence-corrected chi connectivity index (χ3v) is 4.42. The summed E-state index contributed by atoms with van der Waals surface area (Å²) < 4.78 is 3.21. The number of aryl methyl sites for hydroxylation is 5. The van der Waals surface area contributed by atoms with Gasteiger partial charge in [0.15, 0.2) is 0 Å². The molecular weight excluding hydrogens is 1980 g/mol. The van der Waals surface area contributed by atoms with E-state index in [1.54, 1.807) is 6.07 Å².